The number of thiophene rings is 1. The Balaban J connectivity index is 2.33. The quantitative estimate of drug-likeness (QED) is 0.763. The van der Waals surface area contributed by atoms with Crippen molar-refractivity contribution in [2.45, 2.75) is 6.92 Å². The minimum Gasteiger partial charge on any atom is -0.481 e. The molecule has 2 aromatic rings. The molecule has 2 heterocycles. The summed E-state index contributed by atoms with van der Waals surface area (Å²) in [5.74, 6) is 0.297. The van der Waals surface area contributed by atoms with Gasteiger partial charge in [-0.1, -0.05) is 0 Å². The molecule has 0 aliphatic rings. The average molecular weight is 234 g/mol. The standard InChI is InChI=1S/C11H10N2O2S/c1-7-3-4-9(16-7)11(14)8-5-10(15-2)13-6-12-8/h3-6H,1-2H3. The molecule has 0 atom stereocenters. The highest BCUT2D eigenvalue weighted by Crippen LogP contribution is 2.19. The molecule has 0 unspecified atom stereocenters. The van der Waals surface area contributed by atoms with E-state index in [1.54, 1.807) is 6.07 Å². The molecule has 4 nitrogen and oxygen atoms in total. The monoisotopic (exact) mass is 234 g/mol. The van der Waals surface area contributed by atoms with Gasteiger partial charge in [-0.15, -0.1) is 11.3 Å². The van der Waals surface area contributed by atoms with E-state index in [1.165, 1.54) is 30.8 Å². The number of carbonyl (C=O) groups is 1. The van der Waals surface area contributed by atoms with E-state index in [1.807, 2.05) is 13.0 Å². The Morgan fingerprint density at radius 1 is 1.38 bits per heavy atom. The van der Waals surface area contributed by atoms with Crippen LogP contribution in [-0.2, 0) is 0 Å². The van der Waals surface area contributed by atoms with Crippen LogP contribution in [0.5, 0.6) is 5.88 Å². The molecule has 0 aromatic carbocycles. The van der Waals surface area contributed by atoms with Gasteiger partial charge in [-0.3, -0.25) is 4.79 Å². The van der Waals surface area contributed by atoms with Crippen molar-refractivity contribution in [2.75, 3.05) is 7.11 Å². The maximum atomic E-state index is 12.0. The SMILES string of the molecule is COc1cc(C(=O)c2ccc(C)s2)ncn1. The minimum atomic E-state index is -0.0983. The lowest BCUT2D eigenvalue weighted by atomic mass is 10.2. The summed E-state index contributed by atoms with van der Waals surface area (Å²) >= 11 is 1.45. The minimum absolute atomic E-state index is 0.0983. The van der Waals surface area contributed by atoms with Crippen molar-refractivity contribution in [3.05, 3.63) is 40.0 Å². The molecule has 2 aromatic heterocycles. The number of methoxy groups -OCH3 is 1. The Labute approximate surface area is 96.9 Å². The third-order valence-electron chi connectivity index (χ3n) is 2.05. The Bertz CT molecular complexity index is 522. The molecule has 82 valence electrons. The fourth-order valence-electron chi connectivity index (χ4n) is 1.26. The van der Waals surface area contributed by atoms with Crippen LogP contribution < -0.4 is 4.74 Å². The van der Waals surface area contributed by atoms with Gasteiger partial charge in [0, 0.05) is 10.9 Å². The molecule has 0 spiro atoms. The Morgan fingerprint density at radius 3 is 2.81 bits per heavy atom. The van der Waals surface area contributed by atoms with Gasteiger partial charge in [0.1, 0.15) is 12.0 Å². The van der Waals surface area contributed by atoms with Gasteiger partial charge in [-0.2, -0.15) is 0 Å². The molecular formula is C11H10N2O2S. The first kappa shape index (κ1) is 10.8. The van der Waals surface area contributed by atoms with E-state index in [4.69, 9.17) is 4.74 Å². The molecule has 0 saturated heterocycles. The number of aryl methyl sites for hydroxylation is 1. The van der Waals surface area contributed by atoms with Gasteiger partial charge in [-0.05, 0) is 19.1 Å². The molecule has 0 N–H and O–H groups in total. The van der Waals surface area contributed by atoms with E-state index in [-0.39, 0.29) is 5.78 Å². The Morgan fingerprint density at radius 2 is 2.19 bits per heavy atom. The summed E-state index contributed by atoms with van der Waals surface area (Å²) in [4.78, 5) is 21.6. The van der Waals surface area contributed by atoms with E-state index in [0.29, 0.717) is 16.5 Å². The molecule has 16 heavy (non-hydrogen) atoms. The topological polar surface area (TPSA) is 52.1 Å². The van der Waals surface area contributed by atoms with E-state index < -0.39 is 0 Å². The fraction of sp³-hybridized carbons (Fsp3) is 0.182. The first-order chi connectivity index (χ1) is 7.70. The molecule has 0 saturated carbocycles. The lowest BCUT2D eigenvalue weighted by Crippen LogP contribution is -2.03. The summed E-state index contributed by atoms with van der Waals surface area (Å²) in [6.45, 7) is 1.96. The highest BCUT2D eigenvalue weighted by Gasteiger charge is 2.13. The molecular weight excluding hydrogens is 224 g/mol. The molecule has 0 aliphatic carbocycles. The van der Waals surface area contributed by atoms with Gasteiger partial charge in [0.15, 0.2) is 0 Å². The first-order valence-corrected chi connectivity index (χ1v) is 5.49. The number of rotatable bonds is 3. The summed E-state index contributed by atoms with van der Waals surface area (Å²) in [6, 6.07) is 5.25. The molecule has 0 fully saturated rings. The van der Waals surface area contributed by atoms with E-state index in [2.05, 4.69) is 9.97 Å². The second-order valence-electron chi connectivity index (χ2n) is 3.19. The third-order valence-corrected chi connectivity index (χ3v) is 3.05. The van der Waals surface area contributed by atoms with Crippen LogP contribution >= 0.6 is 11.3 Å². The number of hydrogen-bond acceptors (Lipinski definition) is 5. The molecule has 5 heteroatoms. The summed E-state index contributed by atoms with van der Waals surface area (Å²) in [7, 11) is 1.51. The van der Waals surface area contributed by atoms with E-state index in [9.17, 15) is 4.79 Å². The third kappa shape index (κ3) is 2.09. The summed E-state index contributed by atoms with van der Waals surface area (Å²) in [6.07, 6.45) is 1.33. The highest BCUT2D eigenvalue weighted by atomic mass is 32.1. The predicted molar refractivity (Wildman–Crippen MR) is 61.1 cm³/mol. The molecule has 0 radical (unpaired) electrons. The smallest absolute Gasteiger partial charge is 0.221 e. The van der Waals surface area contributed by atoms with Crippen molar-refractivity contribution in [1.82, 2.24) is 9.97 Å². The second kappa shape index (κ2) is 4.40. The first-order valence-electron chi connectivity index (χ1n) is 4.68. The molecule has 0 aliphatic heterocycles. The molecule has 0 amide bonds. The normalized spacial score (nSPS) is 10.1. The Kier molecular flexibility index (Phi) is 2.96. The molecule has 2 rings (SSSR count). The number of nitrogens with zero attached hydrogens (tertiary/aromatic N) is 2. The summed E-state index contributed by atoms with van der Waals surface area (Å²) < 4.78 is 4.95. The largest absolute Gasteiger partial charge is 0.481 e. The van der Waals surface area contributed by atoms with Gasteiger partial charge in [0.05, 0.1) is 12.0 Å². The van der Waals surface area contributed by atoms with Gasteiger partial charge >= 0.3 is 0 Å². The van der Waals surface area contributed by atoms with Crippen LogP contribution in [0.2, 0.25) is 0 Å². The fourth-order valence-corrected chi connectivity index (χ4v) is 2.07. The van der Waals surface area contributed by atoms with Crippen LogP contribution in [0.15, 0.2) is 24.5 Å². The number of hydrogen-bond donors (Lipinski definition) is 0. The van der Waals surface area contributed by atoms with E-state index >= 15 is 0 Å². The van der Waals surface area contributed by atoms with Crippen LogP contribution in [-0.4, -0.2) is 22.9 Å². The zero-order chi connectivity index (χ0) is 11.5. The van der Waals surface area contributed by atoms with Crippen molar-refractivity contribution < 1.29 is 9.53 Å². The van der Waals surface area contributed by atoms with Gasteiger partial charge in [0.2, 0.25) is 11.7 Å². The lowest BCUT2D eigenvalue weighted by Gasteiger charge is -2.00. The number of ketones is 1. The van der Waals surface area contributed by atoms with Crippen LogP contribution in [0.3, 0.4) is 0 Å². The maximum absolute atomic E-state index is 12.0. The van der Waals surface area contributed by atoms with Crippen LogP contribution in [0.25, 0.3) is 0 Å². The summed E-state index contributed by atoms with van der Waals surface area (Å²) in [5.41, 5.74) is 0.355. The van der Waals surface area contributed by atoms with Crippen molar-refractivity contribution in [2.24, 2.45) is 0 Å². The van der Waals surface area contributed by atoms with E-state index in [0.717, 1.165) is 4.88 Å². The number of carbonyl (C=O) groups excluding carboxylic acids is 1. The zero-order valence-electron chi connectivity index (χ0n) is 8.93. The average Bonchev–Trinajstić information content (AvgIpc) is 2.75. The Hall–Kier alpha value is -1.75. The number of aromatic nitrogens is 2. The van der Waals surface area contributed by atoms with Gasteiger partial charge in [-0.25, -0.2) is 9.97 Å². The van der Waals surface area contributed by atoms with Crippen LogP contribution in [0.4, 0.5) is 0 Å². The van der Waals surface area contributed by atoms with Crippen LogP contribution in [0.1, 0.15) is 20.2 Å². The van der Waals surface area contributed by atoms with Crippen molar-refractivity contribution in [3.63, 3.8) is 0 Å². The number of ether oxygens (including phenoxy) is 1. The molecule has 0 bridgehead atoms. The van der Waals surface area contributed by atoms with Crippen LogP contribution in [0, 0.1) is 6.92 Å². The highest BCUT2D eigenvalue weighted by molar-refractivity contribution is 7.14. The van der Waals surface area contributed by atoms with Crippen molar-refractivity contribution in [3.8, 4) is 5.88 Å². The van der Waals surface area contributed by atoms with Gasteiger partial charge in [0.25, 0.3) is 0 Å². The second-order valence-corrected chi connectivity index (χ2v) is 4.47. The summed E-state index contributed by atoms with van der Waals surface area (Å²) in [5, 5.41) is 0. The zero-order valence-corrected chi connectivity index (χ0v) is 9.75. The maximum Gasteiger partial charge on any atom is 0.221 e. The van der Waals surface area contributed by atoms with Gasteiger partial charge < -0.3 is 4.74 Å². The van der Waals surface area contributed by atoms with Crippen molar-refractivity contribution in [1.29, 1.82) is 0 Å². The lowest BCUT2D eigenvalue weighted by molar-refractivity contribution is 0.103. The van der Waals surface area contributed by atoms with Crippen molar-refractivity contribution >= 4 is 17.1 Å². The predicted octanol–water partition coefficient (Wildman–Crippen LogP) is 2.09.